The number of aromatic nitrogens is 2. The lowest BCUT2D eigenvalue weighted by atomic mass is 10.1. The molecule has 0 spiro atoms. The van der Waals surface area contributed by atoms with E-state index >= 15 is 0 Å². The van der Waals surface area contributed by atoms with Gasteiger partial charge in [-0.3, -0.25) is 0 Å². The molecule has 0 unspecified atom stereocenters. The third-order valence-corrected chi connectivity index (χ3v) is 3.38. The number of rotatable bonds is 3. The van der Waals surface area contributed by atoms with E-state index < -0.39 is 0 Å². The Morgan fingerprint density at radius 2 is 1.29 bits per heavy atom. The van der Waals surface area contributed by atoms with Gasteiger partial charge in [-0.15, -0.1) is 0 Å². The number of hydrogen-bond acceptors (Lipinski definition) is 3. The number of nitrogens with zero attached hydrogens (tertiary/aromatic N) is 2. The molecule has 21 heavy (non-hydrogen) atoms. The minimum atomic E-state index is 0.743. The monoisotopic (exact) mass is 276 g/mol. The summed E-state index contributed by atoms with van der Waals surface area (Å²) >= 11 is 0. The summed E-state index contributed by atoms with van der Waals surface area (Å²) < 4.78 is 5.16. The highest BCUT2D eigenvalue weighted by Crippen LogP contribution is 2.22. The second-order valence-corrected chi connectivity index (χ2v) is 4.89. The van der Waals surface area contributed by atoms with Crippen molar-refractivity contribution in [2.45, 2.75) is 6.92 Å². The molecule has 2 aromatic carbocycles. The molecular formula is C18H16N2O. The summed E-state index contributed by atoms with van der Waals surface area (Å²) in [6.07, 6.45) is 3.70. The van der Waals surface area contributed by atoms with E-state index in [9.17, 15) is 0 Å². The van der Waals surface area contributed by atoms with Gasteiger partial charge in [-0.25, -0.2) is 9.97 Å². The maximum Gasteiger partial charge on any atom is 0.159 e. The summed E-state index contributed by atoms with van der Waals surface area (Å²) in [5.41, 5.74) is 4.33. The fraction of sp³-hybridized carbons (Fsp3) is 0.111. The Hall–Kier alpha value is -2.68. The van der Waals surface area contributed by atoms with Gasteiger partial charge in [0.2, 0.25) is 0 Å². The molecule has 0 atom stereocenters. The van der Waals surface area contributed by atoms with E-state index in [1.54, 1.807) is 7.11 Å². The predicted octanol–water partition coefficient (Wildman–Crippen LogP) is 4.13. The predicted molar refractivity (Wildman–Crippen MR) is 84.2 cm³/mol. The SMILES string of the molecule is COc1ccc(-c2cnc(-c3ccc(C)cc3)nc2)cc1. The van der Waals surface area contributed by atoms with Crippen molar-refractivity contribution >= 4 is 0 Å². The van der Waals surface area contributed by atoms with Crippen LogP contribution in [0.15, 0.2) is 60.9 Å². The number of hydrogen-bond donors (Lipinski definition) is 0. The average molecular weight is 276 g/mol. The molecule has 1 aromatic heterocycles. The first-order valence-electron chi connectivity index (χ1n) is 6.80. The van der Waals surface area contributed by atoms with Crippen LogP contribution in [0, 0.1) is 6.92 Å². The summed E-state index contributed by atoms with van der Waals surface area (Å²) in [6.45, 7) is 2.07. The zero-order chi connectivity index (χ0) is 14.7. The van der Waals surface area contributed by atoms with E-state index in [1.165, 1.54) is 5.56 Å². The summed E-state index contributed by atoms with van der Waals surface area (Å²) in [6, 6.07) is 16.1. The Balaban J connectivity index is 1.87. The van der Waals surface area contributed by atoms with E-state index in [1.807, 2.05) is 48.8 Å². The smallest absolute Gasteiger partial charge is 0.159 e. The maximum atomic E-state index is 5.16. The highest BCUT2D eigenvalue weighted by Gasteiger charge is 2.03. The molecule has 0 aliphatic carbocycles. The van der Waals surface area contributed by atoms with Crippen LogP contribution < -0.4 is 4.74 Å². The number of ether oxygens (including phenoxy) is 1. The molecule has 0 aliphatic rings. The number of aryl methyl sites for hydroxylation is 1. The van der Waals surface area contributed by atoms with Gasteiger partial charge in [0.1, 0.15) is 5.75 Å². The second-order valence-electron chi connectivity index (χ2n) is 4.89. The molecule has 0 bridgehead atoms. The zero-order valence-corrected chi connectivity index (χ0v) is 12.1. The van der Waals surface area contributed by atoms with Crippen LogP contribution in [0.2, 0.25) is 0 Å². The largest absolute Gasteiger partial charge is 0.497 e. The first kappa shape index (κ1) is 13.3. The summed E-state index contributed by atoms with van der Waals surface area (Å²) in [7, 11) is 1.66. The van der Waals surface area contributed by atoms with E-state index in [-0.39, 0.29) is 0 Å². The van der Waals surface area contributed by atoms with Crippen LogP contribution in [0.1, 0.15) is 5.56 Å². The van der Waals surface area contributed by atoms with E-state index in [2.05, 4.69) is 29.0 Å². The molecule has 0 saturated heterocycles. The molecule has 0 fully saturated rings. The van der Waals surface area contributed by atoms with Crippen LogP contribution in [0.4, 0.5) is 0 Å². The van der Waals surface area contributed by atoms with Gasteiger partial charge >= 0.3 is 0 Å². The van der Waals surface area contributed by atoms with Crippen molar-refractivity contribution in [3.8, 4) is 28.3 Å². The maximum absolute atomic E-state index is 5.16. The third-order valence-electron chi connectivity index (χ3n) is 3.38. The fourth-order valence-corrected chi connectivity index (χ4v) is 2.11. The van der Waals surface area contributed by atoms with Crippen molar-refractivity contribution in [2.75, 3.05) is 7.11 Å². The standard InChI is InChI=1S/C18H16N2O/c1-13-3-5-15(6-4-13)18-19-11-16(12-20-18)14-7-9-17(21-2)10-8-14/h3-12H,1-2H3. The molecule has 3 rings (SSSR count). The molecule has 0 radical (unpaired) electrons. The van der Waals surface area contributed by atoms with Crippen LogP contribution in [-0.4, -0.2) is 17.1 Å². The number of methoxy groups -OCH3 is 1. The van der Waals surface area contributed by atoms with Crippen LogP contribution in [0.25, 0.3) is 22.5 Å². The van der Waals surface area contributed by atoms with E-state index in [4.69, 9.17) is 4.74 Å². The second kappa shape index (κ2) is 5.75. The summed E-state index contributed by atoms with van der Waals surface area (Å²) in [5, 5.41) is 0. The van der Waals surface area contributed by atoms with Crippen molar-refractivity contribution < 1.29 is 4.74 Å². The lowest BCUT2D eigenvalue weighted by molar-refractivity contribution is 0.415. The lowest BCUT2D eigenvalue weighted by Gasteiger charge is -2.05. The van der Waals surface area contributed by atoms with Crippen LogP contribution >= 0.6 is 0 Å². The highest BCUT2D eigenvalue weighted by molar-refractivity contribution is 5.64. The molecule has 0 N–H and O–H groups in total. The van der Waals surface area contributed by atoms with Gasteiger partial charge in [0, 0.05) is 23.5 Å². The Labute approximate surface area is 124 Å². The Kier molecular flexibility index (Phi) is 3.65. The molecule has 3 aromatic rings. The van der Waals surface area contributed by atoms with Gasteiger partial charge in [-0.1, -0.05) is 42.0 Å². The first-order chi connectivity index (χ1) is 10.3. The van der Waals surface area contributed by atoms with Crippen molar-refractivity contribution in [1.82, 2.24) is 9.97 Å². The van der Waals surface area contributed by atoms with Gasteiger partial charge < -0.3 is 4.74 Å². The molecular weight excluding hydrogens is 260 g/mol. The van der Waals surface area contributed by atoms with E-state index in [0.29, 0.717) is 0 Å². The van der Waals surface area contributed by atoms with Gasteiger partial charge in [0.05, 0.1) is 7.11 Å². The Morgan fingerprint density at radius 3 is 1.86 bits per heavy atom. The third kappa shape index (κ3) is 2.92. The topological polar surface area (TPSA) is 35.0 Å². The van der Waals surface area contributed by atoms with E-state index in [0.717, 1.165) is 28.3 Å². The lowest BCUT2D eigenvalue weighted by Crippen LogP contribution is -1.90. The van der Waals surface area contributed by atoms with Crippen LogP contribution in [0.5, 0.6) is 5.75 Å². The molecule has 0 saturated carbocycles. The van der Waals surface area contributed by atoms with Gasteiger partial charge in [-0.05, 0) is 24.6 Å². The van der Waals surface area contributed by atoms with Gasteiger partial charge in [0.25, 0.3) is 0 Å². The van der Waals surface area contributed by atoms with Crippen molar-refractivity contribution in [3.63, 3.8) is 0 Å². The minimum Gasteiger partial charge on any atom is -0.497 e. The summed E-state index contributed by atoms with van der Waals surface area (Å²) in [5.74, 6) is 1.59. The normalized spacial score (nSPS) is 10.4. The molecule has 3 nitrogen and oxygen atoms in total. The van der Waals surface area contributed by atoms with Gasteiger partial charge in [-0.2, -0.15) is 0 Å². The quantitative estimate of drug-likeness (QED) is 0.721. The van der Waals surface area contributed by atoms with Crippen LogP contribution in [0.3, 0.4) is 0 Å². The Morgan fingerprint density at radius 1 is 0.714 bits per heavy atom. The van der Waals surface area contributed by atoms with Crippen molar-refractivity contribution in [3.05, 3.63) is 66.5 Å². The zero-order valence-electron chi connectivity index (χ0n) is 12.1. The number of benzene rings is 2. The Bertz CT molecular complexity index is 717. The molecule has 104 valence electrons. The minimum absolute atomic E-state index is 0.743. The molecule has 1 heterocycles. The molecule has 0 aliphatic heterocycles. The highest BCUT2D eigenvalue weighted by atomic mass is 16.5. The molecule has 3 heteroatoms. The average Bonchev–Trinajstić information content (AvgIpc) is 2.56. The first-order valence-corrected chi connectivity index (χ1v) is 6.80. The van der Waals surface area contributed by atoms with Crippen molar-refractivity contribution in [1.29, 1.82) is 0 Å². The summed E-state index contributed by atoms with van der Waals surface area (Å²) in [4.78, 5) is 8.91. The van der Waals surface area contributed by atoms with Crippen molar-refractivity contribution in [2.24, 2.45) is 0 Å². The fourth-order valence-electron chi connectivity index (χ4n) is 2.11. The molecule has 0 amide bonds. The van der Waals surface area contributed by atoms with Crippen LogP contribution in [-0.2, 0) is 0 Å². The van der Waals surface area contributed by atoms with Gasteiger partial charge in [0.15, 0.2) is 5.82 Å².